The number of rotatable bonds is 1. The number of hydrogen-bond acceptors (Lipinski definition) is 3. The van der Waals surface area contributed by atoms with Gasteiger partial charge in [-0.25, -0.2) is 4.98 Å². The van der Waals surface area contributed by atoms with Crippen LogP contribution in [-0.2, 0) is 23.8 Å². The van der Waals surface area contributed by atoms with Crippen LogP contribution >= 0.6 is 0 Å². The zero-order valence-corrected chi connectivity index (χ0v) is 13.1. The molecular formula is C16H21N5O. The van der Waals surface area contributed by atoms with Crippen LogP contribution in [0.4, 0.5) is 0 Å². The minimum absolute atomic E-state index is 0.159. The second-order valence-corrected chi connectivity index (χ2v) is 6.56. The van der Waals surface area contributed by atoms with Crippen molar-refractivity contribution in [1.82, 2.24) is 24.2 Å². The topological polar surface area (TPSA) is 56.0 Å². The number of hydrogen-bond donors (Lipinski definition) is 0. The number of amides is 1. The zero-order valence-electron chi connectivity index (χ0n) is 13.1. The minimum Gasteiger partial charge on any atom is -0.343 e. The van der Waals surface area contributed by atoms with Crippen LogP contribution in [0.3, 0.4) is 0 Å². The molecule has 2 aromatic heterocycles. The summed E-state index contributed by atoms with van der Waals surface area (Å²) < 4.78 is 4.17. The smallest absolute Gasteiger partial charge is 0.219 e. The van der Waals surface area contributed by atoms with Crippen molar-refractivity contribution in [2.45, 2.75) is 38.1 Å². The highest BCUT2D eigenvalue weighted by Crippen LogP contribution is 2.44. The van der Waals surface area contributed by atoms with Crippen LogP contribution in [0.5, 0.6) is 0 Å². The van der Waals surface area contributed by atoms with E-state index in [1.807, 2.05) is 35.2 Å². The van der Waals surface area contributed by atoms with Gasteiger partial charge in [-0.2, -0.15) is 5.10 Å². The van der Waals surface area contributed by atoms with Gasteiger partial charge in [0.05, 0.1) is 18.1 Å². The number of carbonyl (C=O) groups is 1. The third-order valence-corrected chi connectivity index (χ3v) is 5.31. The van der Waals surface area contributed by atoms with Crippen LogP contribution in [0, 0.1) is 0 Å². The highest BCUT2D eigenvalue weighted by atomic mass is 16.2. The fourth-order valence-corrected chi connectivity index (χ4v) is 3.97. The van der Waals surface area contributed by atoms with Crippen molar-refractivity contribution >= 4 is 5.91 Å². The minimum atomic E-state index is 0.159. The lowest BCUT2D eigenvalue weighted by atomic mass is 9.76. The SMILES string of the molecule is CC(=O)N1CCC2(CC1)CCn1c(-c3cnn(C)c3)cnc12. The Labute approximate surface area is 129 Å². The maximum absolute atomic E-state index is 11.5. The average Bonchev–Trinajstić information content (AvgIpc) is 3.18. The highest BCUT2D eigenvalue weighted by molar-refractivity contribution is 5.73. The molecule has 22 heavy (non-hydrogen) atoms. The van der Waals surface area contributed by atoms with Gasteiger partial charge in [-0.3, -0.25) is 9.48 Å². The zero-order chi connectivity index (χ0) is 15.3. The standard InChI is InChI=1S/C16H21N5O/c1-12(22)20-6-3-16(4-7-20)5-8-21-14(10-17-15(16)21)13-9-18-19(2)11-13/h9-11H,3-8H2,1-2H3. The van der Waals surface area contributed by atoms with Crippen molar-refractivity contribution in [1.29, 1.82) is 0 Å². The Morgan fingerprint density at radius 2 is 1.91 bits per heavy atom. The summed E-state index contributed by atoms with van der Waals surface area (Å²) in [6.07, 6.45) is 9.09. The Morgan fingerprint density at radius 3 is 2.55 bits per heavy atom. The van der Waals surface area contributed by atoms with E-state index in [0.29, 0.717) is 0 Å². The fraction of sp³-hybridized carbons (Fsp3) is 0.562. The van der Waals surface area contributed by atoms with Crippen molar-refractivity contribution in [2.75, 3.05) is 13.1 Å². The molecule has 1 saturated heterocycles. The number of imidazole rings is 1. The molecule has 116 valence electrons. The van der Waals surface area contributed by atoms with Crippen molar-refractivity contribution in [2.24, 2.45) is 7.05 Å². The number of aryl methyl sites for hydroxylation is 1. The first kappa shape index (κ1) is 13.5. The first-order chi connectivity index (χ1) is 10.6. The summed E-state index contributed by atoms with van der Waals surface area (Å²) in [7, 11) is 1.93. The molecule has 2 aromatic rings. The molecule has 6 heteroatoms. The second kappa shape index (κ2) is 4.69. The number of fused-ring (bicyclic) bond motifs is 2. The lowest BCUT2D eigenvalue weighted by Crippen LogP contribution is -2.43. The lowest BCUT2D eigenvalue weighted by molar-refractivity contribution is -0.130. The molecule has 4 heterocycles. The normalized spacial score (nSPS) is 19.6. The Morgan fingerprint density at radius 1 is 1.18 bits per heavy atom. The summed E-state index contributed by atoms with van der Waals surface area (Å²) in [6, 6.07) is 0. The molecule has 1 fully saturated rings. The summed E-state index contributed by atoms with van der Waals surface area (Å²) in [5.41, 5.74) is 2.44. The molecular weight excluding hydrogens is 278 g/mol. The van der Waals surface area contributed by atoms with Gasteiger partial charge in [0.25, 0.3) is 0 Å². The van der Waals surface area contributed by atoms with Crippen LogP contribution in [0.25, 0.3) is 11.3 Å². The van der Waals surface area contributed by atoms with E-state index in [9.17, 15) is 4.79 Å². The quantitative estimate of drug-likeness (QED) is 0.803. The molecule has 1 spiro atoms. The number of nitrogens with zero attached hydrogens (tertiary/aromatic N) is 5. The summed E-state index contributed by atoms with van der Waals surface area (Å²) in [5.74, 6) is 1.39. The Kier molecular flexibility index (Phi) is 2.89. The largest absolute Gasteiger partial charge is 0.343 e. The van der Waals surface area contributed by atoms with Gasteiger partial charge in [-0.15, -0.1) is 0 Å². The van der Waals surface area contributed by atoms with Gasteiger partial charge in [0.15, 0.2) is 0 Å². The Balaban J connectivity index is 1.64. The molecule has 1 amide bonds. The lowest BCUT2D eigenvalue weighted by Gasteiger charge is -2.38. The van der Waals surface area contributed by atoms with E-state index in [2.05, 4.69) is 9.67 Å². The number of likely N-dealkylation sites (tertiary alicyclic amines) is 1. The highest BCUT2D eigenvalue weighted by Gasteiger charge is 2.44. The van der Waals surface area contributed by atoms with Crippen LogP contribution in [-0.4, -0.2) is 43.2 Å². The number of piperidine rings is 1. The van der Waals surface area contributed by atoms with Gasteiger partial charge in [0.2, 0.25) is 5.91 Å². The molecule has 0 aliphatic carbocycles. The van der Waals surface area contributed by atoms with E-state index in [1.54, 1.807) is 6.92 Å². The molecule has 6 nitrogen and oxygen atoms in total. The maximum atomic E-state index is 11.5. The van der Waals surface area contributed by atoms with Crippen LogP contribution < -0.4 is 0 Å². The molecule has 0 atom stereocenters. The second-order valence-electron chi connectivity index (χ2n) is 6.56. The third kappa shape index (κ3) is 1.90. The Hall–Kier alpha value is -2.11. The van der Waals surface area contributed by atoms with Gasteiger partial charge >= 0.3 is 0 Å². The summed E-state index contributed by atoms with van der Waals surface area (Å²) in [6.45, 7) is 4.38. The molecule has 2 aliphatic rings. The fourth-order valence-electron chi connectivity index (χ4n) is 3.97. The van der Waals surface area contributed by atoms with Gasteiger partial charge in [0, 0.05) is 50.8 Å². The van der Waals surface area contributed by atoms with E-state index in [4.69, 9.17) is 4.98 Å². The van der Waals surface area contributed by atoms with Gasteiger partial charge in [0.1, 0.15) is 5.82 Å². The van der Waals surface area contributed by atoms with E-state index in [1.165, 1.54) is 5.82 Å². The van der Waals surface area contributed by atoms with E-state index in [0.717, 1.165) is 50.2 Å². The van der Waals surface area contributed by atoms with Crippen molar-refractivity contribution in [3.63, 3.8) is 0 Å². The van der Waals surface area contributed by atoms with Crippen LogP contribution in [0.1, 0.15) is 32.0 Å². The predicted molar refractivity (Wildman–Crippen MR) is 82.2 cm³/mol. The van der Waals surface area contributed by atoms with E-state index < -0.39 is 0 Å². The molecule has 2 aliphatic heterocycles. The maximum Gasteiger partial charge on any atom is 0.219 e. The van der Waals surface area contributed by atoms with E-state index in [-0.39, 0.29) is 11.3 Å². The van der Waals surface area contributed by atoms with E-state index >= 15 is 0 Å². The summed E-state index contributed by atoms with van der Waals surface area (Å²) >= 11 is 0. The number of carbonyl (C=O) groups excluding carboxylic acids is 1. The number of aromatic nitrogens is 4. The van der Waals surface area contributed by atoms with Gasteiger partial charge < -0.3 is 9.47 Å². The monoisotopic (exact) mass is 299 g/mol. The van der Waals surface area contributed by atoms with Crippen molar-refractivity contribution in [3.05, 3.63) is 24.4 Å². The predicted octanol–water partition coefficient (Wildman–Crippen LogP) is 1.57. The Bertz CT molecular complexity index is 721. The van der Waals surface area contributed by atoms with Crippen LogP contribution in [0.15, 0.2) is 18.6 Å². The first-order valence-electron chi connectivity index (χ1n) is 7.90. The molecule has 0 radical (unpaired) electrons. The molecule has 0 bridgehead atoms. The average molecular weight is 299 g/mol. The molecule has 0 unspecified atom stereocenters. The summed E-state index contributed by atoms with van der Waals surface area (Å²) in [4.78, 5) is 18.2. The van der Waals surface area contributed by atoms with Gasteiger partial charge in [-0.05, 0) is 19.3 Å². The molecule has 0 N–H and O–H groups in total. The van der Waals surface area contributed by atoms with Crippen LogP contribution in [0.2, 0.25) is 0 Å². The summed E-state index contributed by atoms with van der Waals surface area (Å²) in [5, 5.41) is 4.26. The van der Waals surface area contributed by atoms with Gasteiger partial charge in [-0.1, -0.05) is 0 Å². The van der Waals surface area contributed by atoms with Crippen molar-refractivity contribution < 1.29 is 4.79 Å². The van der Waals surface area contributed by atoms with Crippen molar-refractivity contribution in [3.8, 4) is 11.3 Å². The molecule has 0 aromatic carbocycles. The first-order valence-corrected chi connectivity index (χ1v) is 7.90. The molecule has 0 saturated carbocycles. The molecule has 4 rings (SSSR count). The third-order valence-electron chi connectivity index (χ3n) is 5.31.